The number of hydrogen-bond donors (Lipinski definition) is 1. The molecule has 0 aliphatic heterocycles. The molecule has 1 N–H and O–H groups in total. The zero-order valence-corrected chi connectivity index (χ0v) is 14.8. The zero-order chi connectivity index (χ0) is 16.3. The number of halogens is 1. The van der Waals surface area contributed by atoms with Crippen LogP contribution in [0, 0.1) is 0 Å². The Morgan fingerprint density at radius 3 is 2.48 bits per heavy atom. The van der Waals surface area contributed by atoms with Crippen LogP contribution in [0.25, 0.3) is 0 Å². The standard InChI is InChI=1S/C14H24ClN3O2S/c1-14(2,3)17-10-11-8-12(15)13(16-9-11)18(4)6-7-21(5,19)20/h8-9,17H,6-7,10H2,1-5H3. The van der Waals surface area contributed by atoms with Crippen LogP contribution in [0.5, 0.6) is 0 Å². The van der Waals surface area contributed by atoms with E-state index in [4.69, 9.17) is 11.6 Å². The van der Waals surface area contributed by atoms with E-state index in [1.807, 2.05) is 6.07 Å². The Morgan fingerprint density at radius 2 is 2.00 bits per heavy atom. The molecule has 0 bridgehead atoms. The molecule has 7 heteroatoms. The molecule has 0 saturated heterocycles. The Labute approximate surface area is 132 Å². The van der Waals surface area contributed by atoms with Crippen molar-refractivity contribution < 1.29 is 8.42 Å². The normalized spacial score (nSPS) is 12.5. The van der Waals surface area contributed by atoms with Gasteiger partial charge in [-0.15, -0.1) is 0 Å². The van der Waals surface area contributed by atoms with Crippen LogP contribution >= 0.6 is 11.6 Å². The molecule has 5 nitrogen and oxygen atoms in total. The van der Waals surface area contributed by atoms with Crippen molar-refractivity contribution in [1.29, 1.82) is 0 Å². The molecule has 1 aromatic heterocycles. The molecule has 0 spiro atoms. The predicted octanol–water partition coefficient (Wildman–Crippen LogP) is 2.10. The van der Waals surface area contributed by atoms with Gasteiger partial charge in [-0.2, -0.15) is 0 Å². The molecule has 0 amide bonds. The largest absolute Gasteiger partial charge is 0.357 e. The van der Waals surface area contributed by atoms with Gasteiger partial charge >= 0.3 is 0 Å². The third-order valence-corrected chi connectivity index (χ3v) is 4.06. The van der Waals surface area contributed by atoms with Gasteiger partial charge in [0.2, 0.25) is 0 Å². The summed E-state index contributed by atoms with van der Waals surface area (Å²) in [5, 5.41) is 3.89. The van der Waals surface area contributed by atoms with Crippen molar-refractivity contribution in [2.75, 3.05) is 30.5 Å². The minimum atomic E-state index is -3.00. The number of sulfone groups is 1. The van der Waals surface area contributed by atoms with Crippen molar-refractivity contribution >= 4 is 27.3 Å². The molecule has 0 fully saturated rings. The van der Waals surface area contributed by atoms with Gasteiger partial charge in [-0.3, -0.25) is 0 Å². The highest BCUT2D eigenvalue weighted by molar-refractivity contribution is 7.90. The molecule has 1 heterocycles. The average molecular weight is 334 g/mol. The summed E-state index contributed by atoms with van der Waals surface area (Å²) in [5.41, 5.74) is 1.02. The Kier molecular flexibility index (Phi) is 6.01. The van der Waals surface area contributed by atoms with Crippen LogP contribution in [-0.4, -0.2) is 44.5 Å². The summed E-state index contributed by atoms with van der Waals surface area (Å²) in [6.07, 6.45) is 2.98. The fourth-order valence-corrected chi connectivity index (χ4v) is 2.56. The third-order valence-electron chi connectivity index (χ3n) is 2.86. The second kappa shape index (κ2) is 6.94. The first-order valence-corrected chi connectivity index (χ1v) is 9.20. The highest BCUT2D eigenvalue weighted by atomic mass is 35.5. The SMILES string of the molecule is CN(CCS(C)(=O)=O)c1ncc(CNC(C)(C)C)cc1Cl. The van der Waals surface area contributed by atoms with Crippen molar-refractivity contribution in [3.05, 3.63) is 22.8 Å². The van der Waals surface area contributed by atoms with Gasteiger partial charge in [0.25, 0.3) is 0 Å². The molecule has 0 aliphatic rings. The number of nitrogens with zero attached hydrogens (tertiary/aromatic N) is 2. The van der Waals surface area contributed by atoms with Crippen molar-refractivity contribution in [1.82, 2.24) is 10.3 Å². The van der Waals surface area contributed by atoms with Crippen LogP contribution in [0.4, 0.5) is 5.82 Å². The highest BCUT2D eigenvalue weighted by Gasteiger charge is 2.13. The van der Waals surface area contributed by atoms with Crippen LogP contribution in [0.3, 0.4) is 0 Å². The van der Waals surface area contributed by atoms with Crippen LogP contribution < -0.4 is 10.2 Å². The number of hydrogen-bond acceptors (Lipinski definition) is 5. The maximum atomic E-state index is 11.2. The monoisotopic (exact) mass is 333 g/mol. The van der Waals surface area contributed by atoms with Gasteiger partial charge in [-0.25, -0.2) is 13.4 Å². The summed E-state index contributed by atoms with van der Waals surface area (Å²) in [6.45, 7) is 7.33. The summed E-state index contributed by atoms with van der Waals surface area (Å²) < 4.78 is 22.4. The maximum Gasteiger partial charge on any atom is 0.149 e. The Morgan fingerprint density at radius 1 is 1.38 bits per heavy atom. The third kappa shape index (κ3) is 7.11. The molecule has 0 radical (unpaired) electrons. The molecule has 0 aromatic carbocycles. The first kappa shape index (κ1) is 18.2. The van der Waals surface area contributed by atoms with Crippen LogP contribution in [0.15, 0.2) is 12.3 Å². The maximum absolute atomic E-state index is 11.2. The lowest BCUT2D eigenvalue weighted by Crippen LogP contribution is -2.35. The van der Waals surface area contributed by atoms with Gasteiger partial charge in [0.05, 0.1) is 10.8 Å². The lowest BCUT2D eigenvalue weighted by Gasteiger charge is -2.22. The quantitative estimate of drug-likeness (QED) is 0.863. The van der Waals surface area contributed by atoms with E-state index < -0.39 is 9.84 Å². The molecule has 21 heavy (non-hydrogen) atoms. The second-order valence-electron chi connectivity index (χ2n) is 6.30. The predicted molar refractivity (Wildman–Crippen MR) is 88.8 cm³/mol. The van der Waals surface area contributed by atoms with Gasteiger partial charge in [0.1, 0.15) is 15.7 Å². The lowest BCUT2D eigenvalue weighted by atomic mass is 10.1. The van der Waals surface area contributed by atoms with E-state index in [2.05, 4.69) is 31.1 Å². The van der Waals surface area contributed by atoms with Crippen molar-refractivity contribution in [3.63, 3.8) is 0 Å². The Hall–Kier alpha value is -0.850. The topological polar surface area (TPSA) is 62.3 Å². The summed E-state index contributed by atoms with van der Waals surface area (Å²) in [6, 6.07) is 1.86. The highest BCUT2D eigenvalue weighted by Crippen LogP contribution is 2.23. The van der Waals surface area contributed by atoms with E-state index >= 15 is 0 Å². The smallest absolute Gasteiger partial charge is 0.149 e. The molecule has 0 atom stereocenters. The fraction of sp³-hybridized carbons (Fsp3) is 0.643. The lowest BCUT2D eigenvalue weighted by molar-refractivity contribution is 0.424. The number of anilines is 1. The van der Waals surface area contributed by atoms with E-state index in [9.17, 15) is 8.42 Å². The van der Waals surface area contributed by atoms with Gasteiger partial charge in [-0.05, 0) is 32.4 Å². The minimum Gasteiger partial charge on any atom is -0.357 e. The van der Waals surface area contributed by atoms with Crippen LogP contribution in [0.2, 0.25) is 5.02 Å². The summed E-state index contributed by atoms with van der Waals surface area (Å²) in [7, 11) is -1.21. The number of nitrogens with one attached hydrogen (secondary N) is 1. The summed E-state index contributed by atoms with van der Waals surface area (Å²) in [4.78, 5) is 6.09. The summed E-state index contributed by atoms with van der Waals surface area (Å²) >= 11 is 6.24. The molecule has 1 rings (SSSR count). The van der Waals surface area contributed by atoms with E-state index in [0.29, 0.717) is 23.9 Å². The first-order chi connectivity index (χ1) is 9.48. The van der Waals surface area contributed by atoms with Gasteiger partial charge in [0.15, 0.2) is 0 Å². The average Bonchev–Trinajstić information content (AvgIpc) is 2.32. The van der Waals surface area contributed by atoms with Gasteiger partial charge in [0, 0.05) is 38.1 Å². The molecule has 0 aliphatic carbocycles. The molecule has 0 saturated carbocycles. The Balaban J connectivity index is 2.73. The number of pyridine rings is 1. The minimum absolute atomic E-state index is 0.0252. The fourth-order valence-electron chi connectivity index (χ4n) is 1.62. The molecule has 0 unspecified atom stereocenters. The van der Waals surface area contributed by atoms with E-state index in [1.165, 1.54) is 6.26 Å². The van der Waals surface area contributed by atoms with Crippen molar-refractivity contribution in [2.45, 2.75) is 32.9 Å². The van der Waals surface area contributed by atoms with E-state index in [-0.39, 0.29) is 11.3 Å². The van der Waals surface area contributed by atoms with Crippen molar-refractivity contribution in [3.8, 4) is 0 Å². The molecule has 120 valence electrons. The second-order valence-corrected chi connectivity index (χ2v) is 8.97. The summed E-state index contributed by atoms with van der Waals surface area (Å²) in [5.74, 6) is 0.675. The van der Waals surface area contributed by atoms with E-state index in [0.717, 1.165) is 5.56 Å². The molecular formula is C14H24ClN3O2S. The first-order valence-electron chi connectivity index (χ1n) is 6.76. The van der Waals surface area contributed by atoms with Crippen LogP contribution in [0.1, 0.15) is 26.3 Å². The van der Waals surface area contributed by atoms with Gasteiger partial charge < -0.3 is 10.2 Å². The Bertz CT molecular complexity index is 582. The zero-order valence-electron chi connectivity index (χ0n) is 13.3. The van der Waals surface area contributed by atoms with Crippen molar-refractivity contribution in [2.24, 2.45) is 0 Å². The van der Waals surface area contributed by atoms with E-state index in [1.54, 1.807) is 18.1 Å². The molecule has 1 aromatic rings. The van der Waals surface area contributed by atoms with Gasteiger partial charge in [-0.1, -0.05) is 11.6 Å². The number of rotatable bonds is 6. The number of aromatic nitrogens is 1. The van der Waals surface area contributed by atoms with Crippen LogP contribution in [-0.2, 0) is 16.4 Å². The molecular weight excluding hydrogens is 310 g/mol.